The Morgan fingerprint density at radius 1 is 1.43 bits per heavy atom. The second-order valence-electron chi connectivity index (χ2n) is 5.35. The van der Waals surface area contributed by atoms with E-state index < -0.39 is 22.8 Å². The lowest BCUT2D eigenvalue weighted by molar-refractivity contribution is -0.137. The van der Waals surface area contributed by atoms with Gasteiger partial charge in [-0.3, -0.25) is 4.90 Å². The molecule has 21 heavy (non-hydrogen) atoms. The first-order valence-electron chi connectivity index (χ1n) is 6.90. The van der Waals surface area contributed by atoms with Gasteiger partial charge in [-0.05, 0) is 13.3 Å². The number of rotatable bonds is 4. The number of alkyl halides is 3. The highest BCUT2D eigenvalue weighted by Gasteiger charge is 2.41. The van der Waals surface area contributed by atoms with Crippen LogP contribution in [0.15, 0.2) is 6.20 Å². The number of hydrogen-bond acceptors (Lipinski definition) is 5. The first kappa shape index (κ1) is 16.7. The molecular formula is C13H20F3N3OS. The van der Waals surface area contributed by atoms with Crippen LogP contribution < -0.4 is 5.73 Å². The van der Waals surface area contributed by atoms with Crippen molar-refractivity contribution >= 4 is 11.3 Å². The fourth-order valence-electron chi connectivity index (χ4n) is 2.58. The smallest absolute Gasteiger partial charge is 0.379 e. The van der Waals surface area contributed by atoms with Crippen LogP contribution in [0.25, 0.3) is 0 Å². The first-order valence-corrected chi connectivity index (χ1v) is 7.72. The van der Waals surface area contributed by atoms with Crippen molar-refractivity contribution in [1.29, 1.82) is 0 Å². The standard InChI is InChI=1S/C13H20F3N3OS/c1-3-12(2,19-4-6-20-7-5-19)10(17)9-8-18-11(21-9)13(14,15)16/h8,10H,3-7,17H2,1-2H3. The summed E-state index contributed by atoms with van der Waals surface area (Å²) in [5, 5.41) is -0.839. The molecule has 1 aliphatic rings. The normalized spacial score (nSPS) is 22.0. The molecule has 8 heteroatoms. The number of halogens is 3. The number of hydrogen-bond donors (Lipinski definition) is 1. The van der Waals surface area contributed by atoms with E-state index in [4.69, 9.17) is 10.5 Å². The van der Waals surface area contributed by atoms with Gasteiger partial charge in [0.2, 0.25) is 0 Å². The number of ether oxygens (including phenoxy) is 1. The quantitative estimate of drug-likeness (QED) is 0.925. The summed E-state index contributed by atoms with van der Waals surface area (Å²) in [5.41, 5.74) is 5.89. The molecule has 1 aromatic rings. The van der Waals surface area contributed by atoms with Gasteiger partial charge in [0.25, 0.3) is 0 Å². The minimum absolute atomic E-state index is 0.404. The zero-order valence-corrected chi connectivity index (χ0v) is 12.9. The third-order valence-corrected chi connectivity index (χ3v) is 5.32. The lowest BCUT2D eigenvalue weighted by Crippen LogP contribution is -2.56. The van der Waals surface area contributed by atoms with Crippen molar-refractivity contribution < 1.29 is 17.9 Å². The van der Waals surface area contributed by atoms with Crippen LogP contribution in [0.4, 0.5) is 13.2 Å². The van der Waals surface area contributed by atoms with E-state index in [2.05, 4.69) is 9.88 Å². The molecule has 0 spiro atoms. The summed E-state index contributed by atoms with van der Waals surface area (Å²) in [6.07, 6.45) is -2.41. The van der Waals surface area contributed by atoms with Gasteiger partial charge in [-0.25, -0.2) is 4.98 Å². The minimum Gasteiger partial charge on any atom is -0.379 e. The van der Waals surface area contributed by atoms with Gasteiger partial charge < -0.3 is 10.5 Å². The number of nitrogens with two attached hydrogens (primary N) is 1. The molecule has 2 rings (SSSR count). The third-order valence-electron chi connectivity index (χ3n) is 4.19. The Balaban J connectivity index is 2.22. The maximum Gasteiger partial charge on any atom is 0.443 e. The lowest BCUT2D eigenvalue weighted by Gasteiger charge is -2.46. The van der Waals surface area contributed by atoms with Crippen molar-refractivity contribution in [1.82, 2.24) is 9.88 Å². The van der Waals surface area contributed by atoms with Gasteiger partial charge in [0.15, 0.2) is 5.01 Å². The van der Waals surface area contributed by atoms with Crippen LogP contribution in [0.1, 0.15) is 36.2 Å². The molecule has 2 atom stereocenters. The molecule has 0 radical (unpaired) electrons. The Labute approximate surface area is 126 Å². The first-order chi connectivity index (χ1) is 9.79. The van der Waals surface area contributed by atoms with Crippen molar-refractivity contribution in [3.05, 3.63) is 16.1 Å². The Morgan fingerprint density at radius 2 is 2.05 bits per heavy atom. The van der Waals surface area contributed by atoms with E-state index in [9.17, 15) is 13.2 Å². The van der Waals surface area contributed by atoms with Crippen molar-refractivity contribution in [3.8, 4) is 0 Å². The topological polar surface area (TPSA) is 51.4 Å². The summed E-state index contributed by atoms with van der Waals surface area (Å²) >= 11 is 0.635. The molecule has 1 fully saturated rings. The predicted octanol–water partition coefficient (Wildman–Crippen LogP) is 2.66. The van der Waals surface area contributed by atoms with Crippen LogP contribution in [0.2, 0.25) is 0 Å². The Hall–Kier alpha value is -0.700. The molecule has 120 valence electrons. The van der Waals surface area contributed by atoms with E-state index in [1.807, 2.05) is 13.8 Å². The minimum atomic E-state index is -4.41. The number of aromatic nitrogens is 1. The molecular weight excluding hydrogens is 303 g/mol. The van der Waals surface area contributed by atoms with Crippen LogP contribution in [0, 0.1) is 0 Å². The summed E-state index contributed by atoms with van der Waals surface area (Å²) in [7, 11) is 0. The summed E-state index contributed by atoms with van der Waals surface area (Å²) in [6, 6.07) is -0.505. The van der Waals surface area contributed by atoms with Gasteiger partial charge >= 0.3 is 6.18 Å². The predicted molar refractivity (Wildman–Crippen MR) is 75.1 cm³/mol. The van der Waals surface area contributed by atoms with Gasteiger partial charge in [0, 0.05) is 29.7 Å². The summed E-state index contributed by atoms with van der Waals surface area (Å²) < 4.78 is 43.4. The van der Waals surface area contributed by atoms with Crippen LogP contribution >= 0.6 is 11.3 Å². The van der Waals surface area contributed by atoms with Crippen molar-refractivity contribution in [2.24, 2.45) is 5.73 Å². The number of nitrogens with zero attached hydrogens (tertiary/aromatic N) is 2. The highest BCUT2D eigenvalue weighted by Crippen LogP contribution is 2.39. The van der Waals surface area contributed by atoms with Gasteiger partial charge in [-0.2, -0.15) is 13.2 Å². The van der Waals surface area contributed by atoms with E-state index in [0.29, 0.717) is 29.4 Å². The molecule has 1 aliphatic heterocycles. The fraction of sp³-hybridized carbons (Fsp3) is 0.769. The molecule has 2 heterocycles. The maximum atomic E-state index is 12.7. The Kier molecular flexibility index (Phi) is 4.92. The highest BCUT2D eigenvalue weighted by atomic mass is 32.1. The number of morpholine rings is 1. The van der Waals surface area contributed by atoms with Gasteiger partial charge in [0.1, 0.15) is 0 Å². The molecule has 0 amide bonds. The molecule has 2 unspecified atom stereocenters. The molecule has 0 bridgehead atoms. The molecule has 4 nitrogen and oxygen atoms in total. The molecule has 0 saturated carbocycles. The van der Waals surface area contributed by atoms with Crippen LogP contribution in [0.3, 0.4) is 0 Å². The third kappa shape index (κ3) is 3.39. The summed E-state index contributed by atoms with van der Waals surface area (Å²) in [5.74, 6) is 0. The van der Waals surface area contributed by atoms with Crippen molar-refractivity contribution in [2.75, 3.05) is 26.3 Å². The molecule has 0 aliphatic carbocycles. The zero-order chi connectivity index (χ0) is 15.7. The molecule has 1 aromatic heterocycles. The summed E-state index contributed by atoms with van der Waals surface area (Å²) in [6.45, 7) is 6.72. The largest absolute Gasteiger partial charge is 0.443 e. The van der Waals surface area contributed by atoms with E-state index >= 15 is 0 Å². The van der Waals surface area contributed by atoms with E-state index in [0.717, 1.165) is 19.5 Å². The van der Waals surface area contributed by atoms with E-state index in [-0.39, 0.29) is 0 Å². The van der Waals surface area contributed by atoms with E-state index in [1.54, 1.807) is 0 Å². The van der Waals surface area contributed by atoms with Gasteiger partial charge in [-0.15, -0.1) is 11.3 Å². The molecule has 2 N–H and O–H groups in total. The second kappa shape index (κ2) is 6.20. The van der Waals surface area contributed by atoms with E-state index in [1.165, 1.54) is 6.20 Å². The van der Waals surface area contributed by atoms with Gasteiger partial charge in [-0.1, -0.05) is 6.92 Å². The molecule has 0 aromatic carbocycles. The lowest BCUT2D eigenvalue weighted by atomic mass is 9.86. The number of thiazole rings is 1. The highest BCUT2D eigenvalue weighted by molar-refractivity contribution is 7.11. The maximum absolute atomic E-state index is 12.7. The summed E-state index contributed by atoms with van der Waals surface area (Å²) in [4.78, 5) is 6.14. The fourth-order valence-corrected chi connectivity index (χ4v) is 3.51. The van der Waals surface area contributed by atoms with Crippen molar-refractivity contribution in [2.45, 2.75) is 38.0 Å². The van der Waals surface area contributed by atoms with Crippen LogP contribution in [-0.4, -0.2) is 41.7 Å². The monoisotopic (exact) mass is 323 g/mol. The average molecular weight is 323 g/mol. The van der Waals surface area contributed by atoms with Crippen LogP contribution in [0.5, 0.6) is 0 Å². The Bertz CT molecular complexity index is 473. The molecule has 1 saturated heterocycles. The van der Waals surface area contributed by atoms with Crippen molar-refractivity contribution in [3.63, 3.8) is 0 Å². The van der Waals surface area contributed by atoms with Crippen LogP contribution in [-0.2, 0) is 10.9 Å². The second-order valence-corrected chi connectivity index (χ2v) is 6.42. The SMILES string of the molecule is CCC(C)(C(N)c1cnc(C(F)(F)F)s1)N1CCOCC1. The zero-order valence-electron chi connectivity index (χ0n) is 12.1. The van der Waals surface area contributed by atoms with Gasteiger partial charge in [0.05, 0.1) is 19.3 Å². The Morgan fingerprint density at radius 3 is 2.52 bits per heavy atom. The average Bonchev–Trinajstić information content (AvgIpc) is 2.96.